The molecule has 0 aliphatic rings. The van der Waals surface area contributed by atoms with E-state index in [9.17, 15) is 4.79 Å². The van der Waals surface area contributed by atoms with Crippen LogP contribution < -0.4 is 15.8 Å². The molecule has 3 aromatic carbocycles. The largest absolute Gasteiger partial charge is 0.462 e. The van der Waals surface area contributed by atoms with E-state index >= 15 is 0 Å². The number of hydrogen-bond acceptors (Lipinski definition) is 5. The molecule has 5 nitrogen and oxygen atoms in total. The number of para-hydroxylation sites is 3. The van der Waals surface area contributed by atoms with Gasteiger partial charge in [-0.3, -0.25) is 0 Å². The molecule has 138 valence electrons. The molecule has 0 spiro atoms. The molecular formula is C22H22N2O3. The van der Waals surface area contributed by atoms with E-state index in [-0.39, 0.29) is 5.97 Å². The second-order valence-corrected chi connectivity index (χ2v) is 5.97. The van der Waals surface area contributed by atoms with Gasteiger partial charge in [-0.1, -0.05) is 37.3 Å². The summed E-state index contributed by atoms with van der Waals surface area (Å²) in [7, 11) is 0. The topological polar surface area (TPSA) is 73.6 Å². The summed E-state index contributed by atoms with van der Waals surface area (Å²) < 4.78 is 11.1. The third kappa shape index (κ3) is 4.79. The predicted molar refractivity (Wildman–Crippen MR) is 108 cm³/mol. The Balaban J connectivity index is 1.78. The molecule has 0 radical (unpaired) electrons. The summed E-state index contributed by atoms with van der Waals surface area (Å²) in [5.41, 5.74) is 8.47. The fourth-order valence-electron chi connectivity index (χ4n) is 2.50. The van der Waals surface area contributed by atoms with Crippen molar-refractivity contribution in [2.24, 2.45) is 0 Å². The first-order valence-corrected chi connectivity index (χ1v) is 8.83. The third-order valence-electron chi connectivity index (χ3n) is 3.85. The predicted octanol–water partition coefficient (Wildman–Crippen LogP) is 5.37. The Hall–Kier alpha value is -3.47. The number of hydrogen-bond donors (Lipinski definition) is 2. The number of carbonyl (C=O) groups is 1. The number of nitrogen functional groups attached to an aromatic ring is 1. The van der Waals surface area contributed by atoms with Crippen molar-refractivity contribution in [3.05, 3.63) is 78.4 Å². The van der Waals surface area contributed by atoms with Gasteiger partial charge in [0.15, 0.2) is 5.75 Å². The maximum Gasteiger partial charge on any atom is 0.338 e. The maximum absolute atomic E-state index is 12.0. The number of rotatable bonds is 7. The van der Waals surface area contributed by atoms with Crippen LogP contribution in [0, 0.1) is 0 Å². The number of ether oxygens (including phenoxy) is 2. The van der Waals surface area contributed by atoms with Gasteiger partial charge >= 0.3 is 5.97 Å². The monoisotopic (exact) mass is 362 g/mol. The van der Waals surface area contributed by atoms with E-state index in [2.05, 4.69) is 5.32 Å². The lowest BCUT2D eigenvalue weighted by Gasteiger charge is -2.15. The lowest BCUT2D eigenvalue weighted by atomic mass is 10.1. The van der Waals surface area contributed by atoms with Gasteiger partial charge in [0.1, 0.15) is 5.75 Å². The Morgan fingerprint density at radius 1 is 0.963 bits per heavy atom. The smallest absolute Gasteiger partial charge is 0.338 e. The number of nitrogens with two attached hydrogens (primary N) is 1. The van der Waals surface area contributed by atoms with Crippen LogP contribution in [0.15, 0.2) is 72.8 Å². The van der Waals surface area contributed by atoms with Crippen molar-refractivity contribution in [2.45, 2.75) is 13.3 Å². The Morgan fingerprint density at radius 3 is 2.44 bits per heavy atom. The zero-order valence-electron chi connectivity index (χ0n) is 15.1. The van der Waals surface area contributed by atoms with Crippen molar-refractivity contribution in [2.75, 3.05) is 17.7 Å². The summed E-state index contributed by atoms with van der Waals surface area (Å²) >= 11 is 0. The Bertz CT molecular complexity index is 910. The summed E-state index contributed by atoms with van der Waals surface area (Å²) in [5, 5.41) is 3.27. The van der Waals surface area contributed by atoms with Crippen LogP contribution in [0.25, 0.3) is 0 Å². The molecule has 3 rings (SSSR count). The van der Waals surface area contributed by atoms with Gasteiger partial charge in [-0.05, 0) is 48.9 Å². The average molecular weight is 362 g/mol. The molecule has 0 unspecified atom stereocenters. The highest BCUT2D eigenvalue weighted by molar-refractivity contribution is 5.92. The van der Waals surface area contributed by atoms with Crippen molar-refractivity contribution >= 4 is 23.0 Å². The van der Waals surface area contributed by atoms with Gasteiger partial charge in [0.05, 0.1) is 29.2 Å². The van der Waals surface area contributed by atoms with Gasteiger partial charge in [0, 0.05) is 0 Å². The van der Waals surface area contributed by atoms with Crippen molar-refractivity contribution in [3.8, 4) is 11.5 Å². The summed E-state index contributed by atoms with van der Waals surface area (Å²) in [5.74, 6) is 1.05. The van der Waals surface area contributed by atoms with E-state index in [4.69, 9.17) is 15.2 Å². The Kier molecular flexibility index (Phi) is 5.94. The van der Waals surface area contributed by atoms with E-state index in [1.807, 2.05) is 61.5 Å². The van der Waals surface area contributed by atoms with Crippen LogP contribution in [0.5, 0.6) is 11.5 Å². The van der Waals surface area contributed by atoms with Crippen molar-refractivity contribution in [1.29, 1.82) is 0 Å². The second kappa shape index (κ2) is 8.76. The van der Waals surface area contributed by atoms with Crippen LogP contribution in [0.4, 0.5) is 17.1 Å². The number of carbonyl (C=O) groups excluding carboxylic acids is 1. The lowest BCUT2D eigenvalue weighted by Crippen LogP contribution is -2.07. The molecule has 5 heteroatoms. The van der Waals surface area contributed by atoms with Crippen molar-refractivity contribution < 1.29 is 14.3 Å². The molecule has 0 saturated heterocycles. The van der Waals surface area contributed by atoms with Crippen LogP contribution in [0.3, 0.4) is 0 Å². The minimum absolute atomic E-state index is 0.372. The summed E-state index contributed by atoms with van der Waals surface area (Å²) in [6.45, 7) is 2.34. The van der Waals surface area contributed by atoms with E-state index in [0.29, 0.717) is 29.3 Å². The minimum Gasteiger partial charge on any atom is -0.462 e. The van der Waals surface area contributed by atoms with Crippen molar-refractivity contribution in [1.82, 2.24) is 0 Å². The van der Waals surface area contributed by atoms with Gasteiger partial charge in [-0.25, -0.2) is 4.79 Å². The van der Waals surface area contributed by atoms with Gasteiger partial charge < -0.3 is 20.5 Å². The molecule has 3 aromatic rings. The highest BCUT2D eigenvalue weighted by Gasteiger charge is 2.11. The molecule has 0 atom stereocenters. The van der Waals surface area contributed by atoms with Gasteiger partial charge in [-0.2, -0.15) is 0 Å². The SMILES string of the molecule is CCCOC(=O)c1ccc(Nc2ccccc2Oc2ccccc2)c(N)c1. The van der Waals surface area contributed by atoms with Gasteiger partial charge in [0.2, 0.25) is 0 Å². The van der Waals surface area contributed by atoms with E-state index in [1.165, 1.54) is 0 Å². The molecule has 0 bridgehead atoms. The molecule has 27 heavy (non-hydrogen) atoms. The Labute approximate surface area is 158 Å². The first kappa shape index (κ1) is 18.3. The van der Waals surface area contributed by atoms with Gasteiger partial charge in [-0.15, -0.1) is 0 Å². The van der Waals surface area contributed by atoms with Crippen molar-refractivity contribution in [3.63, 3.8) is 0 Å². The molecular weight excluding hydrogens is 340 g/mol. The number of esters is 1. The van der Waals surface area contributed by atoms with Crippen LogP contribution >= 0.6 is 0 Å². The fourth-order valence-corrected chi connectivity index (χ4v) is 2.50. The molecule has 0 aliphatic heterocycles. The quantitative estimate of drug-likeness (QED) is 0.436. The zero-order valence-corrected chi connectivity index (χ0v) is 15.1. The molecule has 0 aliphatic carbocycles. The molecule has 0 heterocycles. The standard InChI is InChI=1S/C22H22N2O3/c1-2-14-26-22(25)16-12-13-19(18(23)15-16)24-20-10-6-7-11-21(20)27-17-8-4-3-5-9-17/h3-13,15,24H,2,14,23H2,1H3. The van der Waals surface area contributed by atoms with E-state index < -0.39 is 0 Å². The second-order valence-electron chi connectivity index (χ2n) is 5.97. The highest BCUT2D eigenvalue weighted by Crippen LogP contribution is 2.33. The summed E-state index contributed by atoms with van der Waals surface area (Å²) in [6, 6.07) is 22.2. The minimum atomic E-state index is -0.372. The fraction of sp³-hybridized carbons (Fsp3) is 0.136. The first-order chi connectivity index (χ1) is 13.2. The number of benzene rings is 3. The molecule has 3 N–H and O–H groups in total. The normalized spacial score (nSPS) is 10.3. The summed E-state index contributed by atoms with van der Waals surface area (Å²) in [4.78, 5) is 12.0. The number of anilines is 3. The highest BCUT2D eigenvalue weighted by atomic mass is 16.5. The van der Waals surface area contributed by atoms with E-state index in [1.54, 1.807) is 18.2 Å². The summed E-state index contributed by atoms with van der Waals surface area (Å²) in [6.07, 6.45) is 0.777. The Morgan fingerprint density at radius 2 is 1.70 bits per heavy atom. The van der Waals surface area contributed by atoms with Gasteiger partial charge in [0.25, 0.3) is 0 Å². The van der Waals surface area contributed by atoms with Crippen LogP contribution in [0.1, 0.15) is 23.7 Å². The third-order valence-corrected chi connectivity index (χ3v) is 3.85. The molecule has 0 saturated carbocycles. The lowest BCUT2D eigenvalue weighted by molar-refractivity contribution is 0.0505. The number of nitrogens with one attached hydrogen (secondary N) is 1. The van der Waals surface area contributed by atoms with Crippen LogP contribution in [-0.4, -0.2) is 12.6 Å². The maximum atomic E-state index is 12.0. The molecule has 0 fully saturated rings. The van der Waals surface area contributed by atoms with E-state index in [0.717, 1.165) is 17.9 Å². The van der Waals surface area contributed by atoms with Crippen LogP contribution in [-0.2, 0) is 4.74 Å². The molecule has 0 amide bonds. The van der Waals surface area contributed by atoms with Crippen LogP contribution in [0.2, 0.25) is 0 Å². The zero-order chi connectivity index (χ0) is 19.1. The molecule has 0 aromatic heterocycles. The first-order valence-electron chi connectivity index (χ1n) is 8.83. The average Bonchev–Trinajstić information content (AvgIpc) is 2.70.